The fourth-order valence-corrected chi connectivity index (χ4v) is 2.61. The molecule has 2 N–H and O–H groups in total. The summed E-state index contributed by atoms with van der Waals surface area (Å²) >= 11 is 0. The smallest absolute Gasteiger partial charge is 0.165 e. The molecular formula is C17H17FN2O. The lowest BCUT2D eigenvalue weighted by atomic mass is 10.2. The molecule has 0 aliphatic heterocycles. The molecule has 1 aromatic heterocycles. The molecule has 0 amide bonds. The van der Waals surface area contributed by atoms with Gasteiger partial charge in [-0.1, -0.05) is 24.3 Å². The van der Waals surface area contributed by atoms with Gasteiger partial charge in [-0.15, -0.1) is 0 Å². The van der Waals surface area contributed by atoms with Crippen molar-refractivity contribution >= 4 is 10.9 Å². The Morgan fingerprint density at radius 1 is 1.14 bits per heavy atom. The van der Waals surface area contributed by atoms with Crippen LogP contribution in [-0.2, 0) is 13.1 Å². The zero-order valence-corrected chi connectivity index (χ0v) is 11.8. The number of hydrogen-bond donors (Lipinski definition) is 1. The van der Waals surface area contributed by atoms with Crippen LogP contribution in [0.15, 0.2) is 48.5 Å². The molecule has 108 valence electrons. The van der Waals surface area contributed by atoms with Crippen LogP contribution in [0, 0.1) is 5.82 Å². The summed E-state index contributed by atoms with van der Waals surface area (Å²) in [6, 6.07) is 15.2. The lowest BCUT2D eigenvalue weighted by molar-refractivity contribution is 0.386. The van der Waals surface area contributed by atoms with E-state index in [0.29, 0.717) is 13.1 Å². The number of fused-ring (bicyclic) bond motifs is 1. The predicted molar refractivity (Wildman–Crippen MR) is 81.9 cm³/mol. The van der Waals surface area contributed by atoms with Gasteiger partial charge in [-0.05, 0) is 35.2 Å². The number of hydrogen-bond acceptors (Lipinski definition) is 2. The van der Waals surface area contributed by atoms with Gasteiger partial charge in [0.15, 0.2) is 11.6 Å². The predicted octanol–water partition coefficient (Wildman–Crippen LogP) is 3.30. The highest BCUT2D eigenvalue weighted by Crippen LogP contribution is 2.23. The topological polar surface area (TPSA) is 40.2 Å². The Morgan fingerprint density at radius 3 is 2.67 bits per heavy atom. The minimum Gasteiger partial charge on any atom is -0.494 e. The van der Waals surface area contributed by atoms with Crippen molar-refractivity contribution in [2.45, 2.75) is 13.1 Å². The molecule has 0 unspecified atom stereocenters. The van der Waals surface area contributed by atoms with Gasteiger partial charge in [-0.2, -0.15) is 0 Å². The van der Waals surface area contributed by atoms with Gasteiger partial charge in [0.25, 0.3) is 0 Å². The van der Waals surface area contributed by atoms with Crippen molar-refractivity contribution in [3.63, 3.8) is 0 Å². The molecule has 2 aromatic carbocycles. The van der Waals surface area contributed by atoms with Crippen molar-refractivity contribution in [2.75, 3.05) is 7.11 Å². The first kappa shape index (κ1) is 13.6. The molecule has 0 fully saturated rings. The van der Waals surface area contributed by atoms with Gasteiger partial charge in [-0.25, -0.2) is 4.39 Å². The second-order valence-corrected chi connectivity index (χ2v) is 4.95. The Balaban J connectivity index is 2.03. The van der Waals surface area contributed by atoms with Gasteiger partial charge in [0.05, 0.1) is 7.11 Å². The van der Waals surface area contributed by atoms with E-state index in [1.54, 1.807) is 6.07 Å². The maximum atomic E-state index is 13.8. The zero-order valence-electron chi connectivity index (χ0n) is 11.8. The summed E-state index contributed by atoms with van der Waals surface area (Å²) in [5.74, 6) is -0.0871. The van der Waals surface area contributed by atoms with Crippen molar-refractivity contribution < 1.29 is 9.13 Å². The number of para-hydroxylation sites is 1. The molecular weight excluding hydrogens is 267 g/mol. The van der Waals surface area contributed by atoms with Crippen LogP contribution >= 0.6 is 0 Å². The number of halogens is 1. The van der Waals surface area contributed by atoms with Crippen LogP contribution in [0.25, 0.3) is 10.9 Å². The molecule has 1 heterocycles. The number of ether oxygens (including phenoxy) is 1. The number of aromatic nitrogens is 1. The SMILES string of the molecule is COc1ccc(Cn2c(CN)cc3ccccc32)cc1F. The molecule has 0 spiro atoms. The molecule has 0 aliphatic carbocycles. The maximum Gasteiger partial charge on any atom is 0.165 e. The Kier molecular flexibility index (Phi) is 3.62. The number of benzene rings is 2. The van der Waals surface area contributed by atoms with Crippen molar-refractivity contribution in [3.05, 3.63) is 65.6 Å². The molecule has 0 atom stereocenters. The highest BCUT2D eigenvalue weighted by atomic mass is 19.1. The van der Waals surface area contributed by atoms with Crippen LogP contribution < -0.4 is 10.5 Å². The Labute approximate surface area is 122 Å². The fraction of sp³-hybridized carbons (Fsp3) is 0.176. The lowest BCUT2D eigenvalue weighted by Crippen LogP contribution is -2.08. The fourth-order valence-electron chi connectivity index (χ4n) is 2.61. The number of rotatable bonds is 4. The zero-order chi connectivity index (χ0) is 14.8. The molecule has 3 rings (SSSR count). The number of nitrogens with zero attached hydrogens (tertiary/aromatic N) is 1. The lowest BCUT2D eigenvalue weighted by Gasteiger charge is -2.11. The molecule has 3 nitrogen and oxygen atoms in total. The molecule has 0 radical (unpaired) electrons. The third-order valence-corrected chi connectivity index (χ3v) is 3.66. The van der Waals surface area contributed by atoms with E-state index >= 15 is 0 Å². The largest absolute Gasteiger partial charge is 0.494 e. The minimum atomic E-state index is -0.347. The summed E-state index contributed by atoms with van der Waals surface area (Å²) in [5.41, 5.74) is 8.85. The van der Waals surface area contributed by atoms with Crippen LogP contribution in [0.2, 0.25) is 0 Å². The van der Waals surface area contributed by atoms with Gasteiger partial charge in [-0.3, -0.25) is 0 Å². The van der Waals surface area contributed by atoms with E-state index in [0.717, 1.165) is 22.2 Å². The van der Waals surface area contributed by atoms with E-state index in [9.17, 15) is 4.39 Å². The van der Waals surface area contributed by atoms with Crippen LogP contribution in [-0.4, -0.2) is 11.7 Å². The Morgan fingerprint density at radius 2 is 1.95 bits per heavy atom. The number of nitrogens with two attached hydrogens (primary N) is 1. The van der Waals surface area contributed by atoms with Gasteiger partial charge >= 0.3 is 0 Å². The van der Waals surface area contributed by atoms with Crippen LogP contribution in [0.3, 0.4) is 0 Å². The van der Waals surface area contributed by atoms with E-state index in [1.165, 1.54) is 13.2 Å². The summed E-state index contributed by atoms with van der Waals surface area (Å²) in [6.07, 6.45) is 0. The summed E-state index contributed by atoms with van der Waals surface area (Å²) in [6.45, 7) is 1.04. The van der Waals surface area contributed by atoms with Crippen LogP contribution in [0.4, 0.5) is 4.39 Å². The summed E-state index contributed by atoms with van der Waals surface area (Å²) < 4.78 is 20.9. The van der Waals surface area contributed by atoms with E-state index < -0.39 is 0 Å². The molecule has 0 saturated heterocycles. The highest BCUT2D eigenvalue weighted by molar-refractivity contribution is 5.81. The maximum absolute atomic E-state index is 13.8. The normalized spacial score (nSPS) is 11.0. The molecule has 0 saturated carbocycles. The van der Waals surface area contributed by atoms with Crippen molar-refractivity contribution in [2.24, 2.45) is 5.73 Å². The van der Waals surface area contributed by atoms with Crippen molar-refractivity contribution in [1.29, 1.82) is 0 Å². The Hall–Kier alpha value is -2.33. The van der Waals surface area contributed by atoms with E-state index in [4.69, 9.17) is 10.5 Å². The first-order valence-electron chi connectivity index (χ1n) is 6.82. The van der Waals surface area contributed by atoms with Crippen LogP contribution in [0.5, 0.6) is 5.75 Å². The molecule has 21 heavy (non-hydrogen) atoms. The second kappa shape index (κ2) is 5.58. The van der Waals surface area contributed by atoms with E-state index in [1.807, 2.05) is 24.3 Å². The third kappa shape index (κ3) is 2.50. The summed E-state index contributed by atoms with van der Waals surface area (Å²) in [7, 11) is 1.46. The molecule has 4 heteroatoms. The van der Waals surface area contributed by atoms with Gasteiger partial charge in [0, 0.05) is 24.3 Å². The van der Waals surface area contributed by atoms with E-state index in [2.05, 4.69) is 16.7 Å². The Bertz CT molecular complexity index is 780. The van der Waals surface area contributed by atoms with Crippen molar-refractivity contribution in [3.8, 4) is 5.75 Å². The minimum absolute atomic E-state index is 0.259. The summed E-state index contributed by atoms with van der Waals surface area (Å²) in [5, 5.41) is 1.15. The highest BCUT2D eigenvalue weighted by Gasteiger charge is 2.09. The average Bonchev–Trinajstić information content (AvgIpc) is 2.86. The second-order valence-electron chi connectivity index (χ2n) is 4.95. The first-order chi connectivity index (χ1) is 10.2. The summed E-state index contributed by atoms with van der Waals surface area (Å²) in [4.78, 5) is 0. The average molecular weight is 284 g/mol. The number of methoxy groups -OCH3 is 1. The van der Waals surface area contributed by atoms with Gasteiger partial charge in [0.1, 0.15) is 0 Å². The first-order valence-corrected chi connectivity index (χ1v) is 6.82. The van der Waals surface area contributed by atoms with Gasteiger partial charge < -0.3 is 15.0 Å². The quantitative estimate of drug-likeness (QED) is 0.798. The molecule has 0 aliphatic rings. The molecule has 3 aromatic rings. The molecule has 0 bridgehead atoms. The van der Waals surface area contributed by atoms with Gasteiger partial charge in [0.2, 0.25) is 0 Å². The van der Waals surface area contributed by atoms with Crippen LogP contribution in [0.1, 0.15) is 11.3 Å². The van der Waals surface area contributed by atoms with Crippen molar-refractivity contribution in [1.82, 2.24) is 4.57 Å². The monoisotopic (exact) mass is 284 g/mol. The standard InChI is InChI=1S/C17H17FN2O/c1-21-17-7-6-12(8-15(17)18)11-20-14(10-19)9-13-4-2-3-5-16(13)20/h2-9H,10-11,19H2,1H3. The third-order valence-electron chi connectivity index (χ3n) is 3.66. The van der Waals surface area contributed by atoms with E-state index in [-0.39, 0.29) is 11.6 Å².